The summed E-state index contributed by atoms with van der Waals surface area (Å²) in [5.41, 5.74) is 2.90. The number of carbonyl (C=O) groups is 1. The van der Waals surface area contributed by atoms with Crippen molar-refractivity contribution >= 4 is 85.8 Å². The minimum Gasteiger partial charge on any atom is -0.444 e. The average Bonchev–Trinajstić information content (AvgIpc) is 2.94. The average molecular weight is 612 g/mol. The van der Waals surface area contributed by atoms with E-state index in [1.807, 2.05) is 52.8 Å². The number of alkyl carbamates (subject to hydrolysis) is 1. The summed E-state index contributed by atoms with van der Waals surface area (Å²) in [5.74, 6) is 0. The molecule has 0 aliphatic heterocycles. The van der Waals surface area contributed by atoms with E-state index in [1.165, 1.54) is 0 Å². The van der Waals surface area contributed by atoms with Crippen molar-refractivity contribution in [1.29, 1.82) is 0 Å². The molecule has 0 saturated heterocycles. The van der Waals surface area contributed by atoms with E-state index in [4.69, 9.17) is 16.3 Å². The second kappa shape index (κ2) is 10.6. The summed E-state index contributed by atoms with van der Waals surface area (Å²) in [6, 6.07) is 10.2. The fraction of sp³-hybridized carbons (Fsp3) is 0.381. The minimum atomic E-state index is -0.503. The Kier molecular flexibility index (Phi) is 9.00. The quantitative estimate of drug-likeness (QED) is 0.303. The fourth-order valence-corrected chi connectivity index (χ4v) is 5.42. The fourth-order valence-electron chi connectivity index (χ4n) is 3.00. The molecule has 0 bridgehead atoms. The lowest BCUT2D eigenvalue weighted by Crippen LogP contribution is -2.33. The number of halogens is 3. The third-order valence-electron chi connectivity index (χ3n) is 3.96. The standard InChI is InChI=1S/C19H19BrClIN2O2S.C2H6/c1-19(2,3)26-18(25)23-7-6-11-8-12(20)9-15-14-10-13(21)4-5-16(14)24(27-22)17(11)15;1-2/h4-5,8-10H,6-7H2,1-3H3,(H,23,25);1-2H3. The van der Waals surface area contributed by atoms with Crippen molar-refractivity contribution < 1.29 is 9.53 Å². The number of hydrogen-bond donors (Lipinski definition) is 1. The Morgan fingerprint density at radius 3 is 2.55 bits per heavy atom. The Morgan fingerprint density at radius 1 is 1.24 bits per heavy atom. The van der Waals surface area contributed by atoms with Gasteiger partial charge < -0.3 is 10.1 Å². The van der Waals surface area contributed by atoms with E-state index >= 15 is 0 Å². The van der Waals surface area contributed by atoms with Gasteiger partial charge in [0.15, 0.2) is 0 Å². The van der Waals surface area contributed by atoms with E-state index in [0.29, 0.717) is 18.0 Å². The van der Waals surface area contributed by atoms with Crippen LogP contribution in [0.5, 0.6) is 0 Å². The molecule has 0 unspecified atom stereocenters. The van der Waals surface area contributed by atoms with E-state index < -0.39 is 11.7 Å². The van der Waals surface area contributed by atoms with Crippen LogP contribution in [0.3, 0.4) is 0 Å². The molecular formula is C21H25BrClIN2O2S. The van der Waals surface area contributed by atoms with Gasteiger partial charge in [-0.05, 0) is 63.1 Å². The van der Waals surface area contributed by atoms with E-state index in [1.54, 1.807) is 9.12 Å². The smallest absolute Gasteiger partial charge is 0.407 e. The summed E-state index contributed by atoms with van der Waals surface area (Å²) in [6.45, 7) is 10.1. The van der Waals surface area contributed by atoms with Crippen molar-refractivity contribution in [2.75, 3.05) is 6.54 Å². The van der Waals surface area contributed by atoms with Gasteiger partial charge in [-0.1, -0.05) is 41.4 Å². The van der Waals surface area contributed by atoms with Gasteiger partial charge in [-0.3, -0.25) is 3.97 Å². The van der Waals surface area contributed by atoms with E-state index in [-0.39, 0.29) is 0 Å². The number of nitrogens with one attached hydrogen (secondary N) is 1. The van der Waals surface area contributed by atoms with E-state index in [0.717, 1.165) is 31.8 Å². The summed E-state index contributed by atoms with van der Waals surface area (Å²) in [4.78, 5) is 11.9. The van der Waals surface area contributed by atoms with E-state index in [2.05, 4.69) is 58.6 Å². The minimum absolute atomic E-state index is 0.399. The molecule has 0 aliphatic carbocycles. The molecule has 0 radical (unpaired) electrons. The molecule has 1 N–H and O–H groups in total. The first-order valence-corrected chi connectivity index (χ1v) is 13.9. The first-order chi connectivity index (χ1) is 13.7. The van der Waals surface area contributed by atoms with Crippen molar-refractivity contribution in [3.05, 3.63) is 45.4 Å². The molecule has 158 valence electrons. The highest BCUT2D eigenvalue weighted by Gasteiger charge is 2.18. The lowest BCUT2D eigenvalue weighted by molar-refractivity contribution is 0.0528. The molecule has 3 aromatic rings. The first-order valence-electron chi connectivity index (χ1n) is 9.37. The zero-order valence-corrected chi connectivity index (χ0v) is 22.4. The van der Waals surface area contributed by atoms with Crippen LogP contribution in [0.1, 0.15) is 40.2 Å². The van der Waals surface area contributed by atoms with Gasteiger partial charge in [0.05, 0.1) is 11.0 Å². The Hall–Kier alpha value is -0.640. The van der Waals surface area contributed by atoms with Crippen LogP contribution >= 0.6 is 57.9 Å². The predicted octanol–water partition coefficient (Wildman–Crippen LogP) is 8.15. The van der Waals surface area contributed by atoms with Crippen molar-refractivity contribution in [1.82, 2.24) is 9.29 Å². The lowest BCUT2D eigenvalue weighted by atomic mass is 10.1. The number of fused-ring (bicyclic) bond motifs is 3. The van der Waals surface area contributed by atoms with Gasteiger partial charge in [0.2, 0.25) is 0 Å². The zero-order valence-electron chi connectivity index (χ0n) is 17.1. The highest BCUT2D eigenvalue weighted by molar-refractivity contribution is 14.2. The molecule has 1 amide bonds. The number of ether oxygens (including phenoxy) is 1. The van der Waals surface area contributed by atoms with Gasteiger partial charge in [0.25, 0.3) is 0 Å². The largest absolute Gasteiger partial charge is 0.444 e. The van der Waals surface area contributed by atoms with Crippen molar-refractivity contribution in [2.24, 2.45) is 0 Å². The SMILES string of the molecule is CC.CC(C)(C)OC(=O)NCCc1cc(Br)cc2c3cc(Cl)ccc3n(SI)c12. The Labute approximate surface area is 201 Å². The number of carbonyl (C=O) groups excluding carboxylic acids is 1. The summed E-state index contributed by atoms with van der Waals surface area (Å²) in [5, 5.41) is 5.80. The van der Waals surface area contributed by atoms with Crippen LogP contribution in [0, 0.1) is 0 Å². The molecule has 0 spiro atoms. The Balaban J connectivity index is 0.00000145. The number of hydrogen-bond acceptors (Lipinski definition) is 3. The van der Waals surface area contributed by atoms with Gasteiger partial charge in [-0.15, -0.1) is 0 Å². The zero-order chi connectivity index (χ0) is 21.8. The van der Waals surface area contributed by atoms with Crippen LogP contribution in [0.2, 0.25) is 5.02 Å². The van der Waals surface area contributed by atoms with Crippen LogP contribution < -0.4 is 5.32 Å². The summed E-state index contributed by atoms with van der Waals surface area (Å²) < 4.78 is 8.51. The lowest BCUT2D eigenvalue weighted by Gasteiger charge is -2.19. The summed E-state index contributed by atoms with van der Waals surface area (Å²) in [7, 11) is 1.62. The maximum Gasteiger partial charge on any atom is 0.407 e. The van der Waals surface area contributed by atoms with Crippen LogP contribution in [-0.2, 0) is 11.2 Å². The molecule has 4 nitrogen and oxygen atoms in total. The van der Waals surface area contributed by atoms with Gasteiger partial charge in [-0.25, -0.2) is 4.79 Å². The Morgan fingerprint density at radius 2 is 1.93 bits per heavy atom. The van der Waals surface area contributed by atoms with Crippen molar-refractivity contribution in [2.45, 2.75) is 46.6 Å². The second-order valence-corrected chi connectivity index (χ2v) is 10.2. The summed E-state index contributed by atoms with van der Waals surface area (Å²) >= 11 is 12.1. The third kappa shape index (κ3) is 6.18. The van der Waals surface area contributed by atoms with E-state index in [9.17, 15) is 4.79 Å². The monoisotopic (exact) mass is 610 g/mol. The Bertz CT molecular complexity index is 1020. The molecule has 1 aromatic heterocycles. The van der Waals surface area contributed by atoms with Crippen LogP contribution in [0.4, 0.5) is 4.79 Å². The maximum atomic E-state index is 11.9. The number of rotatable bonds is 4. The topological polar surface area (TPSA) is 43.3 Å². The molecule has 0 saturated carbocycles. The van der Waals surface area contributed by atoms with Gasteiger partial charge in [0.1, 0.15) is 5.60 Å². The van der Waals surface area contributed by atoms with Gasteiger partial charge >= 0.3 is 6.09 Å². The molecule has 0 fully saturated rings. The molecular weight excluding hydrogens is 587 g/mol. The van der Waals surface area contributed by atoms with Crippen molar-refractivity contribution in [3.63, 3.8) is 0 Å². The predicted molar refractivity (Wildman–Crippen MR) is 138 cm³/mol. The normalized spacial score (nSPS) is 11.3. The van der Waals surface area contributed by atoms with Crippen molar-refractivity contribution in [3.8, 4) is 0 Å². The van der Waals surface area contributed by atoms with Gasteiger partial charge in [0, 0.05) is 57.1 Å². The first kappa shape index (κ1) is 24.6. The molecule has 1 heterocycles. The maximum absolute atomic E-state index is 11.9. The highest BCUT2D eigenvalue weighted by Crippen LogP contribution is 2.39. The summed E-state index contributed by atoms with van der Waals surface area (Å²) in [6.07, 6.45) is 0.292. The molecule has 29 heavy (non-hydrogen) atoms. The number of amides is 1. The number of aromatic nitrogens is 1. The third-order valence-corrected chi connectivity index (χ3v) is 6.35. The van der Waals surface area contributed by atoms with Crippen LogP contribution in [-0.4, -0.2) is 22.2 Å². The highest BCUT2D eigenvalue weighted by atomic mass is 127. The molecule has 3 rings (SSSR count). The van der Waals surface area contributed by atoms with Crippen LogP contribution in [0.15, 0.2) is 34.8 Å². The molecule has 0 atom stereocenters. The van der Waals surface area contributed by atoms with Gasteiger partial charge in [-0.2, -0.15) is 0 Å². The number of benzene rings is 2. The molecule has 0 aliphatic rings. The molecule has 2 aromatic carbocycles. The second-order valence-electron chi connectivity index (χ2n) is 7.16. The molecule has 8 heteroatoms. The number of nitrogens with zero attached hydrogens (tertiary/aromatic N) is 1. The van der Waals surface area contributed by atoms with Crippen LogP contribution in [0.25, 0.3) is 21.8 Å².